The number of methoxy groups -OCH3 is 1. The van der Waals surface area contributed by atoms with Gasteiger partial charge >= 0.3 is 0 Å². The van der Waals surface area contributed by atoms with Crippen LogP contribution in [0.4, 0.5) is 0 Å². The van der Waals surface area contributed by atoms with Crippen LogP contribution in [0.25, 0.3) is 0 Å². The van der Waals surface area contributed by atoms with Crippen LogP contribution in [0.3, 0.4) is 0 Å². The molecule has 0 saturated heterocycles. The molecule has 1 heterocycles. The summed E-state index contributed by atoms with van der Waals surface area (Å²) in [6.07, 6.45) is 0. The third-order valence-electron chi connectivity index (χ3n) is 3.41. The summed E-state index contributed by atoms with van der Waals surface area (Å²) in [7, 11) is 1.62. The van der Waals surface area contributed by atoms with Gasteiger partial charge in [-0.3, -0.25) is 4.79 Å². The minimum Gasteiger partial charge on any atom is -0.497 e. The van der Waals surface area contributed by atoms with Crippen molar-refractivity contribution in [3.63, 3.8) is 0 Å². The SMILES string of the molecule is COc1ccc(OCCNC(=O)CSCc2c(C)noc2C)cc1. The van der Waals surface area contributed by atoms with Crippen LogP contribution in [0.2, 0.25) is 0 Å². The highest BCUT2D eigenvalue weighted by Crippen LogP contribution is 2.19. The third-order valence-corrected chi connectivity index (χ3v) is 4.37. The lowest BCUT2D eigenvalue weighted by atomic mass is 10.2. The van der Waals surface area contributed by atoms with E-state index < -0.39 is 0 Å². The van der Waals surface area contributed by atoms with Gasteiger partial charge in [0, 0.05) is 11.3 Å². The molecule has 1 amide bonds. The molecular formula is C17H22N2O4S. The molecule has 2 rings (SSSR count). The van der Waals surface area contributed by atoms with Crippen LogP contribution >= 0.6 is 11.8 Å². The predicted octanol–water partition coefficient (Wildman–Crippen LogP) is 2.73. The maximum absolute atomic E-state index is 11.8. The van der Waals surface area contributed by atoms with Gasteiger partial charge in [0.2, 0.25) is 5.91 Å². The zero-order valence-electron chi connectivity index (χ0n) is 14.1. The maximum Gasteiger partial charge on any atom is 0.230 e. The minimum absolute atomic E-state index is 0.00917. The summed E-state index contributed by atoms with van der Waals surface area (Å²) in [5.74, 6) is 3.45. The molecule has 0 radical (unpaired) electrons. The first-order valence-electron chi connectivity index (χ1n) is 7.63. The van der Waals surface area contributed by atoms with Crippen LogP contribution in [0, 0.1) is 13.8 Å². The van der Waals surface area contributed by atoms with E-state index in [1.807, 2.05) is 38.1 Å². The van der Waals surface area contributed by atoms with Crippen molar-refractivity contribution in [3.8, 4) is 11.5 Å². The number of aromatic nitrogens is 1. The number of aryl methyl sites for hydroxylation is 2. The topological polar surface area (TPSA) is 73.6 Å². The Bertz CT molecular complexity index is 636. The summed E-state index contributed by atoms with van der Waals surface area (Å²) in [5, 5.41) is 6.74. The van der Waals surface area contributed by atoms with Crippen molar-refractivity contribution < 1.29 is 18.8 Å². The first-order chi connectivity index (χ1) is 11.6. The molecular weight excluding hydrogens is 328 g/mol. The summed E-state index contributed by atoms with van der Waals surface area (Å²) in [6, 6.07) is 7.33. The van der Waals surface area contributed by atoms with Crippen LogP contribution in [-0.2, 0) is 10.5 Å². The monoisotopic (exact) mass is 350 g/mol. The molecule has 1 aromatic heterocycles. The number of rotatable bonds is 9. The molecule has 0 bridgehead atoms. The van der Waals surface area contributed by atoms with Gasteiger partial charge in [0.1, 0.15) is 23.9 Å². The maximum atomic E-state index is 11.8. The van der Waals surface area contributed by atoms with Gasteiger partial charge in [0.05, 0.1) is 25.1 Å². The normalized spacial score (nSPS) is 10.5. The van der Waals surface area contributed by atoms with Crippen LogP contribution in [0.15, 0.2) is 28.8 Å². The molecule has 1 N–H and O–H groups in total. The van der Waals surface area contributed by atoms with Gasteiger partial charge in [-0.05, 0) is 38.1 Å². The molecule has 0 aliphatic carbocycles. The number of carbonyl (C=O) groups is 1. The smallest absolute Gasteiger partial charge is 0.230 e. The summed E-state index contributed by atoms with van der Waals surface area (Å²) < 4.78 is 15.7. The molecule has 0 aliphatic heterocycles. The van der Waals surface area contributed by atoms with Gasteiger partial charge in [0.15, 0.2) is 0 Å². The number of nitrogens with zero attached hydrogens (tertiary/aromatic N) is 1. The van der Waals surface area contributed by atoms with E-state index in [-0.39, 0.29) is 5.91 Å². The van der Waals surface area contributed by atoms with Crippen molar-refractivity contribution in [2.75, 3.05) is 26.0 Å². The van der Waals surface area contributed by atoms with Crippen molar-refractivity contribution in [3.05, 3.63) is 41.3 Å². The molecule has 0 spiro atoms. The Morgan fingerprint density at radius 2 is 1.96 bits per heavy atom. The van der Waals surface area contributed by atoms with Gasteiger partial charge in [0.25, 0.3) is 0 Å². The van der Waals surface area contributed by atoms with E-state index in [0.29, 0.717) is 18.9 Å². The highest BCUT2D eigenvalue weighted by Gasteiger charge is 2.10. The van der Waals surface area contributed by atoms with Crippen LogP contribution in [0.1, 0.15) is 17.0 Å². The van der Waals surface area contributed by atoms with Gasteiger partial charge in [-0.2, -0.15) is 0 Å². The zero-order chi connectivity index (χ0) is 17.4. The van der Waals surface area contributed by atoms with Crippen LogP contribution in [0.5, 0.6) is 11.5 Å². The number of carbonyl (C=O) groups excluding carboxylic acids is 1. The molecule has 0 unspecified atom stereocenters. The summed E-state index contributed by atoms with van der Waals surface area (Å²) >= 11 is 1.54. The van der Waals surface area contributed by atoms with E-state index in [2.05, 4.69) is 10.5 Å². The van der Waals surface area contributed by atoms with E-state index in [1.54, 1.807) is 7.11 Å². The third kappa shape index (κ3) is 5.49. The summed E-state index contributed by atoms with van der Waals surface area (Å²) in [6.45, 7) is 4.68. The number of amides is 1. The molecule has 1 aromatic carbocycles. The van der Waals surface area contributed by atoms with E-state index in [0.717, 1.165) is 34.3 Å². The largest absolute Gasteiger partial charge is 0.497 e. The minimum atomic E-state index is -0.00917. The van der Waals surface area contributed by atoms with Crippen molar-refractivity contribution in [2.24, 2.45) is 0 Å². The Morgan fingerprint density at radius 1 is 1.25 bits per heavy atom. The van der Waals surface area contributed by atoms with Crippen molar-refractivity contribution in [2.45, 2.75) is 19.6 Å². The fourth-order valence-electron chi connectivity index (χ4n) is 2.04. The lowest BCUT2D eigenvalue weighted by Crippen LogP contribution is -2.29. The fraction of sp³-hybridized carbons (Fsp3) is 0.412. The Kier molecular flexibility index (Phi) is 6.99. The first-order valence-corrected chi connectivity index (χ1v) is 8.78. The second kappa shape index (κ2) is 9.22. The van der Waals surface area contributed by atoms with Gasteiger partial charge < -0.3 is 19.3 Å². The molecule has 0 fully saturated rings. The molecule has 6 nitrogen and oxygen atoms in total. The molecule has 24 heavy (non-hydrogen) atoms. The fourth-order valence-corrected chi connectivity index (χ4v) is 3.04. The van der Waals surface area contributed by atoms with E-state index in [4.69, 9.17) is 14.0 Å². The summed E-state index contributed by atoms with van der Waals surface area (Å²) in [5.41, 5.74) is 1.95. The highest BCUT2D eigenvalue weighted by molar-refractivity contribution is 7.99. The number of thioether (sulfide) groups is 1. The predicted molar refractivity (Wildman–Crippen MR) is 93.6 cm³/mol. The Hall–Kier alpha value is -2.15. The van der Waals surface area contributed by atoms with E-state index in [9.17, 15) is 4.79 Å². The summed E-state index contributed by atoms with van der Waals surface area (Å²) in [4.78, 5) is 11.8. The molecule has 0 saturated carbocycles. The molecule has 7 heteroatoms. The van der Waals surface area contributed by atoms with Crippen molar-refractivity contribution >= 4 is 17.7 Å². The van der Waals surface area contributed by atoms with Crippen LogP contribution < -0.4 is 14.8 Å². The number of benzene rings is 1. The average molecular weight is 350 g/mol. The van der Waals surface area contributed by atoms with Crippen molar-refractivity contribution in [1.29, 1.82) is 0 Å². The quantitative estimate of drug-likeness (QED) is 0.701. The first kappa shape index (κ1) is 18.2. The van der Waals surface area contributed by atoms with E-state index >= 15 is 0 Å². The average Bonchev–Trinajstić information content (AvgIpc) is 2.91. The Morgan fingerprint density at radius 3 is 2.58 bits per heavy atom. The molecule has 130 valence electrons. The zero-order valence-corrected chi connectivity index (χ0v) is 14.9. The standard InChI is InChI=1S/C17H22N2O4S/c1-12-16(13(2)23-19-12)10-24-11-17(20)18-8-9-22-15-6-4-14(21-3)5-7-15/h4-7H,8-11H2,1-3H3,(H,18,20). The van der Waals surface area contributed by atoms with Crippen molar-refractivity contribution in [1.82, 2.24) is 10.5 Å². The molecule has 2 aromatic rings. The Balaban J connectivity index is 1.59. The number of nitrogens with one attached hydrogen (secondary N) is 1. The second-order valence-corrected chi connectivity index (χ2v) is 6.16. The second-order valence-electron chi connectivity index (χ2n) is 5.17. The Labute approximate surface area is 145 Å². The van der Waals surface area contributed by atoms with Gasteiger partial charge in [-0.25, -0.2) is 0 Å². The molecule has 0 aliphatic rings. The lowest BCUT2D eigenvalue weighted by molar-refractivity contribution is -0.118. The van der Waals surface area contributed by atoms with Crippen LogP contribution in [-0.4, -0.2) is 37.1 Å². The number of ether oxygens (including phenoxy) is 2. The number of hydrogen-bond acceptors (Lipinski definition) is 6. The highest BCUT2D eigenvalue weighted by atomic mass is 32.2. The number of hydrogen-bond donors (Lipinski definition) is 1. The molecule has 0 atom stereocenters. The van der Waals surface area contributed by atoms with Gasteiger partial charge in [-0.1, -0.05) is 5.16 Å². The van der Waals surface area contributed by atoms with Gasteiger partial charge in [-0.15, -0.1) is 11.8 Å². The lowest BCUT2D eigenvalue weighted by Gasteiger charge is -2.08. The van der Waals surface area contributed by atoms with E-state index in [1.165, 1.54) is 11.8 Å².